The highest BCUT2D eigenvalue weighted by molar-refractivity contribution is 6.18. The van der Waals surface area contributed by atoms with Gasteiger partial charge in [0.05, 0.1) is 5.52 Å². The second-order valence-electron chi connectivity index (χ2n) is 14.3. The fourth-order valence-corrected chi connectivity index (χ4v) is 7.28. The van der Waals surface area contributed by atoms with Gasteiger partial charge in [-0.05, 0) is 93.4 Å². The molecule has 2 heterocycles. The summed E-state index contributed by atoms with van der Waals surface area (Å²) in [5, 5.41) is 5.23. The van der Waals surface area contributed by atoms with Crippen molar-refractivity contribution < 1.29 is 0 Å². The first-order valence-corrected chi connectivity index (χ1v) is 14.9. The van der Waals surface area contributed by atoms with E-state index in [4.69, 9.17) is 0 Å². The smallest absolute Gasteiger partial charge is 0.0576 e. The third kappa shape index (κ3) is 3.76. The average molecular weight is 537 g/mol. The zero-order valence-electron chi connectivity index (χ0n) is 25.6. The first-order chi connectivity index (χ1) is 19.4. The molecule has 0 aliphatic carbocycles. The molecule has 5 aromatic carbocycles. The van der Waals surface area contributed by atoms with Crippen LogP contribution in [0.3, 0.4) is 0 Å². The number of hydrogen-bond acceptors (Lipinski definition) is 1. The molecule has 2 heteroatoms. The summed E-state index contributed by atoms with van der Waals surface area (Å²) >= 11 is 0. The summed E-state index contributed by atoms with van der Waals surface area (Å²) in [5.41, 5.74) is 10.4. The van der Waals surface area contributed by atoms with Crippen molar-refractivity contribution in [3.8, 4) is 11.1 Å². The maximum atomic E-state index is 2.54. The number of nitrogens with zero attached hydrogens (tertiary/aromatic N) is 2. The largest absolute Gasteiger partial charge is 0.336 e. The molecule has 41 heavy (non-hydrogen) atoms. The van der Waals surface area contributed by atoms with Gasteiger partial charge >= 0.3 is 0 Å². The number of fused-ring (bicyclic) bond motifs is 7. The standard InChI is InChI=1S/C39H40N2/c1-37(2,3)40-34-16-12-10-14-31(34)39(7,8)32-22-19-26(24-35(32)40)25-17-20-28-27(23-25)18-21-30-29-13-9-11-15-33(29)41(36(28)30)38(4,5)6/h9-24H,1-8H3. The van der Waals surface area contributed by atoms with E-state index in [1.165, 1.54) is 66.2 Å². The van der Waals surface area contributed by atoms with E-state index < -0.39 is 0 Å². The van der Waals surface area contributed by atoms with Gasteiger partial charge in [0.1, 0.15) is 0 Å². The van der Waals surface area contributed by atoms with E-state index in [-0.39, 0.29) is 16.5 Å². The summed E-state index contributed by atoms with van der Waals surface area (Å²) < 4.78 is 2.53. The molecule has 0 saturated heterocycles. The van der Waals surface area contributed by atoms with Gasteiger partial charge < -0.3 is 9.47 Å². The molecule has 0 fully saturated rings. The Kier molecular flexibility index (Phi) is 5.36. The van der Waals surface area contributed by atoms with Crippen LogP contribution < -0.4 is 4.90 Å². The molecule has 0 amide bonds. The summed E-state index contributed by atoms with van der Waals surface area (Å²) in [7, 11) is 0. The molecule has 1 aromatic heterocycles. The Morgan fingerprint density at radius 1 is 0.537 bits per heavy atom. The van der Waals surface area contributed by atoms with Gasteiger partial charge in [-0.3, -0.25) is 0 Å². The third-order valence-electron chi connectivity index (χ3n) is 9.06. The SMILES string of the molecule is CC1(C)c2ccccc2N(C(C)(C)C)c2cc(-c3ccc4c(ccc5c6ccccc6n(C(C)(C)C)c45)c3)ccc21. The highest BCUT2D eigenvalue weighted by atomic mass is 15.2. The van der Waals surface area contributed by atoms with E-state index in [0.29, 0.717) is 0 Å². The van der Waals surface area contributed by atoms with Crippen LogP contribution in [-0.4, -0.2) is 10.1 Å². The number of benzene rings is 5. The molecule has 0 saturated carbocycles. The molecule has 0 N–H and O–H groups in total. The van der Waals surface area contributed by atoms with Gasteiger partial charge in [0.2, 0.25) is 0 Å². The average Bonchev–Trinajstić information content (AvgIpc) is 3.27. The molecular weight excluding hydrogens is 496 g/mol. The molecule has 0 atom stereocenters. The third-order valence-corrected chi connectivity index (χ3v) is 9.06. The van der Waals surface area contributed by atoms with Crippen LogP contribution in [0, 0.1) is 0 Å². The minimum atomic E-state index is -0.0679. The highest BCUT2D eigenvalue weighted by Crippen LogP contribution is 2.52. The van der Waals surface area contributed by atoms with Crippen molar-refractivity contribution in [3.05, 3.63) is 108 Å². The van der Waals surface area contributed by atoms with Gasteiger partial charge in [0.15, 0.2) is 0 Å². The minimum absolute atomic E-state index is 0.0354. The molecule has 2 nitrogen and oxygen atoms in total. The van der Waals surface area contributed by atoms with E-state index in [0.717, 1.165) is 0 Å². The van der Waals surface area contributed by atoms with Crippen LogP contribution in [0.25, 0.3) is 43.7 Å². The lowest BCUT2D eigenvalue weighted by Gasteiger charge is -2.48. The lowest BCUT2D eigenvalue weighted by atomic mass is 9.72. The quantitative estimate of drug-likeness (QED) is 0.203. The number of rotatable bonds is 1. The normalized spacial score (nSPS) is 15.0. The van der Waals surface area contributed by atoms with Crippen LogP contribution in [0.2, 0.25) is 0 Å². The van der Waals surface area contributed by atoms with Gasteiger partial charge in [-0.25, -0.2) is 0 Å². The molecule has 0 unspecified atom stereocenters. The van der Waals surface area contributed by atoms with Crippen LogP contribution in [0.4, 0.5) is 11.4 Å². The van der Waals surface area contributed by atoms with Gasteiger partial charge in [-0.2, -0.15) is 0 Å². The summed E-state index contributed by atoms with van der Waals surface area (Å²) in [6.45, 7) is 18.6. The van der Waals surface area contributed by atoms with Crippen LogP contribution >= 0.6 is 0 Å². The Morgan fingerprint density at radius 3 is 1.93 bits per heavy atom. The van der Waals surface area contributed by atoms with E-state index in [9.17, 15) is 0 Å². The first-order valence-electron chi connectivity index (χ1n) is 14.9. The van der Waals surface area contributed by atoms with Crippen molar-refractivity contribution in [1.82, 2.24) is 4.57 Å². The Balaban J connectivity index is 1.44. The number of hydrogen-bond donors (Lipinski definition) is 0. The summed E-state index contributed by atoms with van der Waals surface area (Å²) in [4.78, 5) is 2.54. The fraction of sp³-hybridized carbons (Fsp3) is 0.282. The lowest BCUT2D eigenvalue weighted by molar-refractivity contribution is 0.424. The zero-order chi connectivity index (χ0) is 28.9. The van der Waals surface area contributed by atoms with E-state index in [2.05, 4.69) is 162 Å². The highest BCUT2D eigenvalue weighted by Gasteiger charge is 2.39. The second kappa shape index (κ2) is 8.49. The predicted molar refractivity (Wildman–Crippen MR) is 178 cm³/mol. The van der Waals surface area contributed by atoms with Crippen molar-refractivity contribution in [3.63, 3.8) is 0 Å². The molecule has 0 bridgehead atoms. The van der Waals surface area contributed by atoms with Crippen LogP contribution in [0.5, 0.6) is 0 Å². The van der Waals surface area contributed by atoms with E-state index >= 15 is 0 Å². The molecule has 1 aliphatic rings. The maximum absolute atomic E-state index is 2.54. The summed E-state index contributed by atoms with van der Waals surface area (Å²) in [6, 6.07) is 36.5. The van der Waals surface area contributed by atoms with Crippen molar-refractivity contribution in [2.24, 2.45) is 0 Å². The molecule has 6 aromatic rings. The molecule has 0 radical (unpaired) electrons. The first kappa shape index (κ1) is 25.9. The zero-order valence-corrected chi connectivity index (χ0v) is 25.6. The molecule has 206 valence electrons. The molecule has 7 rings (SSSR count). The Morgan fingerprint density at radius 2 is 1.17 bits per heavy atom. The van der Waals surface area contributed by atoms with Crippen molar-refractivity contribution >= 4 is 44.0 Å². The van der Waals surface area contributed by atoms with Crippen molar-refractivity contribution in [1.29, 1.82) is 0 Å². The van der Waals surface area contributed by atoms with E-state index in [1.54, 1.807) is 0 Å². The summed E-state index contributed by atoms with van der Waals surface area (Å²) in [5.74, 6) is 0. The Bertz CT molecular complexity index is 1990. The number of anilines is 2. The van der Waals surface area contributed by atoms with Crippen LogP contribution in [-0.2, 0) is 11.0 Å². The Labute approximate surface area is 244 Å². The molecule has 1 aliphatic heterocycles. The molecular formula is C39H40N2. The van der Waals surface area contributed by atoms with Gasteiger partial charge in [-0.15, -0.1) is 0 Å². The van der Waals surface area contributed by atoms with E-state index in [1.807, 2.05) is 0 Å². The number of para-hydroxylation sites is 2. The monoisotopic (exact) mass is 536 g/mol. The van der Waals surface area contributed by atoms with Gasteiger partial charge in [-0.1, -0.05) is 86.6 Å². The predicted octanol–water partition coefficient (Wildman–Crippen LogP) is 10.9. The number of aromatic nitrogens is 1. The van der Waals surface area contributed by atoms with Crippen LogP contribution in [0.1, 0.15) is 66.5 Å². The topological polar surface area (TPSA) is 8.17 Å². The van der Waals surface area contributed by atoms with Gasteiger partial charge in [0.25, 0.3) is 0 Å². The minimum Gasteiger partial charge on any atom is -0.336 e. The lowest BCUT2D eigenvalue weighted by Crippen LogP contribution is -2.43. The Hall–Kier alpha value is -4.04. The summed E-state index contributed by atoms with van der Waals surface area (Å²) in [6.07, 6.45) is 0. The van der Waals surface area contributed by atoms with Crippen molar-refractivity contribution in [2.45, 2.75) is 71.9 Å². The van der Waals surface area contributed by atoms with Crippen LogP contribution in [0.15, 0.2) is 97.1 Å². The fourth-order valence-electron chi connectivity index (χ4n) is 7.28. The second-order valence-corrected chi connectivity index (χ2v) is 14.3. The molecule has 0 spiro atoms. The van der Waals surface area contributed by atoms with Crippen molar-refractivity contribution in [2.75, 3.05) is 4.90 Å². The maximum Gasteiger partial charge on any atom is 0.0576 e. The van der Waals surface area contributed by atoms with Gasteiger partial charge in [0, 0.05) is 49.5 Å².